The molecule has 4 aromatic rings. The van der Waals surface area contributed by atoms with E-state index in [1.54, 1.807) is 37.3 Å². The number of nitrogens with zero attached hydrogens (tertiary/aromatic N) is 1. The molecule has 1 saturated heterocycles. The summed E-state index contributed by atoms with van der Waals surface area (Å²) in [6.07, 6.45) is 0. The summed E-state index contributed by atoms with van der Waals surface area (Å²) in [5.41, 5.74) is 0.957. The summed E-state index contributed by atoms with van der Waals surface area (Å²) < 4.78 is 43.9. The number of hydrogen-bond acceptors (Lipinski definition) is 8. The highest BCUT2D eigenvalue weighted by Gasteiger charge is 2.29. The Morgan fingerprint density at radius 2 is 1.76 bits per heavy atom. The number of hydrogen-bond donors (Lipinski definition) is 1. The second kappa shape index (κ2) is 11.8. The first-order chi connectivity index (χ1) is 19.7. The molecule has 0 atom stereocenters. The van der Waals surface area contributed by atoms with Gasteiger partial charge in [-0.05, 0) is 37.3 Å². The van der Waals surface area contributed by atoms with Crippen molar-refractivity contribution in [3.63, 3.8) is 0 Å². The van der Waals surface area contributed by atoms with E-state index in [-0.39, 0.29) is 63.9 Å². The number of para-hydroxylation sites is 1. The first-order valence-corrected chi connectivity index (χ1v) is 14.4. The number of morpholine rings is 1. The first-order valence-electron chi connectivity index (χ1n) is 12.6. The zero-order chi connectivity index (χ0) is 29.1. The molecule has 3 aromatic carbocycles. The number of amides is 1. The molecule has 0 saturated carbocycles. The van der Waals surface area contributed by atoms with Crippen LogP contribution in [-0.4, -0.2) is 57.5 Å². The molecule has 1 N–H and O–H groups in total. The number of benzene rings is 3. The molecular weight excluding hydrogens is 572 g/mol. The Labute approximate surface area is 240 Å². The second-order valence-electron chi connectivity index (χ2n) is 9.22. The van der Waals surface area contributed by atoms with Gasteiger partial charge in [0.25, 0.3) is 5.91 Å². The lowest BCUT2D eigenvalue weighted by Crippen LogP contribution is -2.40. The van der Waals surface area contributed by atoms with E-state index < -0.39 is 28.5 Å². The number of rotatable bonds is 7. The third kappa shape index (κ3) is 5.89. The lowest BCUT2D eigenvalue weighted by Gasteiger charge is -2.26. The van der Waals surface area contributed by atoms with Crippen LogP contribution in [0.1, 0.15) is 15.9 Å². The van der Waals surface area contributed by atoms with Gasteiger partial charge in [-0.2, -0.15) is 4.31 Å². The van der Waals surface area contributed by atoms with Crippen molar-refractivity contribution in [1.82, 2.24) is 4.31 Å². The van der Waals surface area contributed by atoms with Crippen molar-refractivity contribution in [2.24, 2.45) is 0 Å². The molecule has 0 bridgehead atoms. The van der Waals surface area contributed by atoms with Gasteiger partial charge in [-0.3, -0.25) is 9.59 Å². The number of ether oxygens (including phenoxy) is 2. The number of halogens is 1. The molecule has 12 heteroatoms. The van der Waals surface area contributed by atoms with Crippen molar-refractivity contribution in [3.05, 3.63) is 93.1 Å². The summed E-state index contributed by atoms with van der Waals surface area (Å²) in [5, 5.41) is 2.73. The fourth-order valence-electron chi connectivity index (χ4n) is 4.45. The molecule has 41 heavy (non-hydrogen) atoms. The lowest BCUT2D eigenvalue weighted by atomic mass is 10.0. The maximum absolute atomic E-state index is 13.1. The third-order valence-corrected chi connectivity index (χ3v) is 8.92. The summed E-state index contributed by atoms with van der Waals surface area (Å²) in [6.45, 7) is 1.89. The molecule has 0 radical (unpaired) electrons. The van der Waals surface area contributed by atoms with Crippen LogP contribution in [0.4, 0.5) is 5.69 Å². The number of nitrogens with one attached hydrogen (secondary N) is 1. The van der Waals surface area contributed by atoms with Crippen molar-refractivity contribution in [1.29, 1.82) is 0 Å². The minimum Gasteiger partial charge on any atom is -0.455 e. The van der Waals surface area contributed by atoms with Gasteiger partial charge in [0.1, 0.15) is 16.2 Å². The summed E-state index contributed by atoms with van der Waals surface area (Å²) in [4.78, 5) is 38.5. The smallest absolute Gasteiger partial charge is 0.342 e. The average Bonchev–Trinajstić information content (AvgIpc) is 2.99. The largest absolute Gasteiger partial charge is 0.455 e. The van der Waals surface area contributed by atoms with Gasteiger partial charge in [-0.25, -0.2) is 13.2 Å². The van der Waals surface area contributed by atoms with Crippen molar-refractivity contribution in [3.8, 4) is 11.3 Å². The van der Waals surface area contributed by atoms with E-state index >= 15 is 0 Å². The first kappa shape index (κ1) is 28.5. The zero-order valence-corrected chi connectivity index (χ0v) is 23.5. The lowest BCUT2D eigenvalue weighted by molar-refractivity contribution is -0.119. The topological polar surface area (TPSA) is 132 Å². The SMILES string of the molecule is Cc1c(-c2ccccc2)oc2c(C(=O)OCC(=O)Nc3ccc(Cl)c(S(=O)(=O)N4CCOCC4)c3)cccc2c1=O. The van der Waals surface area contributed by atoms with Crippen LogP contribution in [0.25, 0.3) is 22.3 Å². The number of sulfonamides is 1. The maximum atomic E-state index is 13.1. The van der Waals surface area contributed by atoms with E-state index in [9.17, 15) is 22.8 Å². The van der Waals surface area contributed by atoms with Gasteiger partial charge in [0.2, 0.25) is 10.0 Å². The van der Waals surface area contributed by atoms with Crippen LogP contribution >= 0.6 is 11.6 Å². The summed E-state index contributed by atoms with van der Waals surface area (Å²) in [5.74, 6) is -1.26. The van der Waals surface area contributed by atoms with Crippen molar-refractivity contribution < 1.29 is 31.9 Å². The van der Waals surface area contributed by atoms with Gasteiger partial charge in [-0.1, -0.05) is 48.0 Å². The van der Waals surface area contributed by atoms with Gasteiger partial charge in [0, 0.05) is 29.9 Å². The van der Waals surface area contributed by atoms with Crippen molar-refractivity contribution >= 4 is 50.2 Å². The van der Waals surface area contributed by atoms with Gasteiger partial charge >= 0.3 is 5.97 Å². The Kier molecular flexibility index (Phi) is 8.22. The van der Waals surface area contributed by atoms with Crippen LogP contribution < -0.4 is 10.7 Å². The highest BCUT2D eigenvalue weighted by molar-refractivity contribution is 7.89. The Morgan fingerprint density at radius 3 is 2.49 bits per heavy atom. The number of carbonyl (C=O) groups excluding carboxylic acids is 2. The van der Waals surface area contributed by atoms with Crippen LogP contribution in [-0.2, 0) is 24.3 Å². The predicted molar refractivity (Wildman–Crippen MR) is 153 cm³/mol. The van der Waals surface area contributed by atoms with Crippen molar-refractivity contribution in [2.45, 2.75) is 11.8 Å². The molecule has 212 valence electrons. The Morgan fingerprint density at radius 1 is 1.02 bits per heavy atom. The van der Waals surface area contributed by atoms with Crippen LogP contribution in [0.15, 0.2) is 80.8 Å². The maximum Gasteiger partial charge on any atom is 0.342 e. The Hall–Kier alpha value is -4.03. The molecule has 1 aliphatic rings. The van der Waals surface area contributed by atoms with Gasteiger partial charge < -0.3 is 19.2 Å². The summed E-state index contributed by atoms with van der Waals surface area (Å²) in [7, 11) is -3.92. The van der Waals surface area contributed by atoms with Crippen LogP contribution in [0.3, 0.4) is 0 Å². The molecular formula is C29H25ClN2O8S. The van der Waals surface area contributed by atoms with E-state index in [0.29, 0.717) is 16.9 Å². The molecule has 0 aliphatic carbocycles. The molecule has 1 fully saturated rings. The highest BCUT2D eigenvalue weighted by atomic mass is 35.5. The third-order valence-electron chi connectivity index (χ3n) is 6.54. The molecule has 1 amide bonds. The molecule has 2 heterocycles. The zero-order valence-electron chi connectivity index (χ0n) is 21.9. The van der Waals surface area contributed by atoms with E-state index in [2.05, 4.69) is 5.32 Å². The monoisotopic (exact) mass is 596 g/mol. The minimum absolute atomic E-state index is 0.00322. The number of esters is 1. The van der Waals surface area contributed by atoms with E-state index in [1.165, 1.54) is 34.6 Å². The Balaban J connectivity index is 1.33. The molecule has 0 unspecified atom stereocenters. The molecule has 1 aliphatic heterocycles. The molecule has 1 aromatic heterocycles. The number of carbonyl (C=O) groups is 2. The van der Waals surface area contributed by atoms with E-state index in [0.717, 1.165) is 0 Å². The highest BCUT2D eigenvalue weighted by Crippen LogP contribution is 2.29. The molecule has 5 rings (SSSR count). The standard InChI is InChI=1S/C29H25ClN2O8S/c1-18-26(34)21-8-5-9-22(28(21)40-27(18)19-6-3-2-4-7-19)29(35)39-17-25(33)31-20-10-11-23(30)24(16-20)41(36,37)32-12-14-38-15-13-32/h2-11,16H,12-15,17H2,1H3,(H,31,33). The average molecular weight is 597 g/mol. The summed E-state index contributed by atoms with van der Waals surface area (Å²) in [6, 6.07) is 17.6. The molecule has 10 nitrogen and oxygen atoms in total. The van der Waals surface area contributed by atoms with Crippen LogP contribution in [0.5, 0.6) is 0 Å². The van der Waals surface area contributed by atoms with Crippen LogP contribution in [0, 0.1) is 6.92 Å². The van der Waals surface area contributed by atoms with Crippen LogP contribution in [0.2, 0.25) is 5.02 Å². The van der Waals surface area contributed by atoms with Crippen molar-refractivity contribution in [2.75, 3.05) is 38.2 Å². The fourth-order valence-corrected chi connectivity index (χ4v) is 6.35. The number of anilines is 1. The normalized spacial score (nSPS) is 14.1. The fraction of sp³-hybridized carbons (Fsp3) is 0.207. The summed E-state index contributed by atoms with van der Waals surface area (Å²) >= 11 is 6.18. The Bertz CT molecular complexity index is 1800. The molecule has 0 spiro atoms. The van der Waals surface area contributed by atoms with E-state index in [1.807, 2.05) is 6.07 Å². The second-order valence-corrected chi connectivity index (χ2v) is 11.5. The quantitative estimate of drug-likeness (QED) is 0.313. The van der Waals surface area contributed by atoms with Gasteiger partial charge in [-0.15, -0.1) is 0 Å². The van der Waals surface area contributed by atoms with E-state index in [4.69, 9.17) is 25.5 Å². The minimum atomic E-state index is -3.92. The number of fused-ring (bicyclic) bond motifs is 1. The van der Waals surface area contributed by atoms with Gasteiger partial charge in [0.05, 0.1) is 23.6 Å². The van der Waals surface area contributed by atoms with Gasteiger partial charge in [0.15, 0.2) is 17.6 Å². The predicted octanol–water partition coefficient (Wildman–Crippen LogP) is 4.24.